The van der Waals surface area contributed by atoms with Gasteiger partial charge < -0.3 is 9.73 Å². The number of thiocarbonyl (C=S) groups is 1. The van der Waals surface area contributed by atoms with Crippen LogP contribution >= 0.6 is 12.2 Å². The van der Waals surface area contributed by atoms with Gasteiger partial charge in [-0.15, -0.1) is 0 Å². The molecule has 0 radical (unpaired) electrons. The molecule has 0 bridgehead atoms. The number of amides is 1. The van der Waals surface area contributed by atoms with Gasteiger partial charge >= 0.3 is 0 Å². The zero-order valence-electron chi connectivity index (χ0n) is 17.5. The zero-order chi connectivity index (χ0) is 23.3. The van der Waals surface area contributed by atoms with E-state index in [-0.39, 0.29) is 16.0 Å². The number of anilines is 2. The monoisotopic (exact) mass is 471 g/mol. The van der Waals surface area contributed by atoms with Gasteiger partial charge in [0, 0.05) is 23.2 Å². The van der Waals surface area contributed by atoms with Crippen LogP contribution in [-0.4, -0.2) is 29.4 Å². The summed E-state index contributed by atoms with van der Waals surface area (Å²) in [5, 5.41) is 5.38. The molecule has 0 unspecified atom stereocenters. The van der Waals surface area contributed by atoms with Crippen LogP contribution in [0.1, 0.15) is 22.9 Å². The summed E-state index contributed by atoms with van der Waals surface area (Å²) in [6, 6.07) is 11.1. The fourth-order valence-corrected chi connectivity index (χ4v) is 3.85. The molecule has 0 aliphatic heterocycles. The first-order chi connectivity index (χ1) is 15.1. The van der Waals surface area contributed by atoms with Crippen LogP contribution in [0.25, 0.3) is 6.08 Å². The molecule has 1 amide bonds. The van der Waals surface area contributed by atoms with E-state index in [1.807, 2.05) is 0 Å². The minimum absolute atomic E-state index is 0.00588. The first-order valence-corrected chi connectivity index (χ1v) is 11.3. The molecule has 0 spiro atoms. The third kappa shape index (κ3) is 6.46. The van der Waals surface area contributed by atoms with Gasteiger partial charge in [0.15, 0.2) is 5.11 Å². The molecular weight excluding hydrogens is 450 g/mol. The number of carbonyl (C=O) groups is 1. The number of aryl methyl sites for hydroxylation is 3. The lowest BCUT2D eigenvalue weighted by Gasteiger charge is -2.10. The van der Waals surface area contributed by atoms with Gasteiger partial charge in [0.1, 0.15) is 11.5 Å². The molecule has 166 valence electrons. The number of aromatic nitrogens is 2. The number of carbonyl (C=O) groups excluding carboxylic acids is 1. The van der Waals surface area contributed by atoms with Crippen molar-refractivity contribution in [3.8, 4) is 0 Å². The Morgan fingerprint density at radius 2 is 1.69 bits per heavy atom. The molecule has 2 heterocycles. The molecule has 9 nitrogen and oxygen atoms in total. The highest BCUT2D eigenvalue weighted by molar-refractivity contribution is 7.92. The average Bonchev–Trinajstić information content (AvgIpc) is 3.11. The van der Waals surface area contributed by atoms with Crippen molar-refractivity contribution in [2.75, 3.05) is 10.0 Å². The molecule has 0 aliphatic carbocycles. The van der Waals surface area contributed by atoms with E-state index < -0.39 is 15.9 Å². The minimum atomic E-state index is -3.87. The third-order valence-corrected chi connectivity index (χ3v) is 5.58. The van der Waals surface area contributed by atoms with Crippen LogP contribution < -0.4 is 15.4 Å². The van der Waals surface area contributed by atoms with E-state index in [1.54, 1.807) is 39.0 Å². The van der Waals surface area contributed by atoms with E-state index in [4.69, 9.17) is 16.6 Å². The summed E-state index contributed by atoms with van der Waals surface area (Å²) < 4.78 is 32.9. The van der Waals surface area contributed by atoms with Gasteiger partial charge in [0.05, 0.1) is 4.90 Å². The molecule has 3 rings (SSSR count). The van der Waals surface area contributed by atoms with Crippen LogP contribution in [-0.2, 0) is 14.8 Å². The maximum atomic E-state index is 12.6. The second kappa shape index (κ2) is 9.71. The van der Waals surface area contributed by atoms with Crippen LogP contribution in [0.2, 0.25) is 0 Å². The molecule has 0 aliphatic rings. The number of nitrogens with zero attached hydrogens (tertiary/aromatic N) is 2. The first-order valence-electron chi connectivity index (χ1n) is 9.42. The summed E-state index contributed by atoms with van der Waals surface area (Å²) in [4.78, 5) is 20.2. The SMILES string of the molecule is Cc1cc(C)nc(NS(=O)(=O)c2ccc(NC(=S)NC(=O)/C=C/c3ccc(C)o3)cc2)n1. The number of rotatable bonds is 6. The Morgan fingerprint density at radius 1 is 1.03 bits per heavy atom. The van der Waals surface area contributed by atoms with Gasteiger partial charge in [-0.2, -0.15) is 0 Å². The molecular formula is C21H21N5O4S2. The molecule has 11 heteroatoms. The number of hydrogen-bond acceptors (Lipinski definition) is 7. The topological polar surface area (TPSA) is 126 Å². The Labute approximate surface area is 191 Å². The van der Waals surface area contributed by atoms with E-state index in [0.29, 0.717) is 22.8 Å². The first kappa shape index (κ1) is 23.1. The normalized spacial score (nSPS) is 11.3. The summed E-state index contributed by atoms with van der Waals surface area (Å²) in [5.41, 5.74) is 1.81. The number of hydrogen-bond donors (Lipinski definition) is 3. The Bertz CT molecular complexity index is 1260. The Morgan fingerprint density at radius 3 is 2.28 bits per heavy atom. The molecule has 0 saturated heterocycles. The maximum Gasteiger partial charge on any atom is 0.264 e. The number of sulfonamides is 1. The van der Waals surface area contributed by atoms with E-state index in [2.05, 4.69) is 25.3 Å². The molecule has 0 fully saturated rings. The van der Waals surface area contributed by atoms with Gasteiger partial charge in [-0.05, 0) is 81.5 Å². The van der Waals surface area contributed by atoms with Crippen LogP contribution in [0, 0.1) is 20.8 Å². The molecule has 0 saturated carbocycles. The minimum Gasteiger partial charge on any atom is -0.462 e. The second-order valence-corrected chi connectivity index (χ2v) is 8.92. The average molecular weight is 472 g/mol. The van der Waals surface area contributed by atoms with Gasteiger partial charge in [-0.1, -0.05) is 0 Å². The predicted octanol–water partition coefficient (Wildman–Crippen LogP) is 3.32. The number of benzene rings is 1. The van der Waals surface area contributed by atoms with Gasteiger partial charge in [-0.3, -0.25) is 10.1 Å². The van der Waals surface area contributed by atoms with Crippen molar-refractivity contribution < 1.29 is 17.6 Å². The van der Waals surface area contributed by atoms with Gasteiger partial charge in [0.2, 0.25) is 11.9 Å². The van der Waals surface area contributed by atoms with Gasteiger partial charge in [-0.25, -0.2) is 23.1 Å². The van der Waals surface area contributed by atoms with Crippen molar-refractivity contribution in [3.05, 3.63) is 71.4 Å². The predicted molar refractivity (Wildman–Crippen MR) is 126 cm³/mol. The summed E-state index contributed by atoms with van der Waals surface area (Å²) in [6.07, 6.45) is 2.82. The highest BCUT2D eigenvalue weighted by Gasteiger charge is 2.16. The Balaban J connectivity index is 1.59. The van der Waals surface area contributed by atoms with Crippen LogP contribution in [0.15, 0.2) is 57.9 Å². The fourth-order valence-electron chi connectivity index (χ4n) is 2.68. The lowest BCUT2D eigenvalue weighted by molar-refractivity contribution is -0.115. The molecule has 32 heavy (non-hydrogen) atoms. The highest BCUT2D eigenvalue weighted by Crippen LogP contribution is 2.17. The molecule has 3 N–H and O–H groups in total. The highest BCUT2D eigenvalue weighted by atomic mass is 32.2. The summed E-state index contributed by atoms with van der Waals surface area (Å²) >= 11 is 5.12. The lowest BCUT2D eigenvalue weighted by atomic mass is 10.3. The van der Waals surface area contributed by atoms with Crippen molar-refractivity contribution in [2.45, 2.75) is 25.7 Å². The lowest BCUT2D eigenvalue weighted by Crippen LogP contribution is -2.32. The van der Waals surface area contributed by atoms with E-state index in [9.17, 15) is 13.2 Å². The summed E-state index contributed by atoms with van der Waals surface area (Å²) in [7, 11) is -3.87. The smallest absolute Gasteiger partial charge is 0.264 e. The third-order valence-electron chi connectivity index (χ3n) is 4.03. The Hall–Kier alpha value is -3.57. The van der Waals surface area contributed by atoms with E-state index >= 15 is 0 Å². The summed E-state index contributed by atoms with van der Waals surface area (Å²) in [5.74, 6) is 0.859. The number of furan rings is 1. The van der Waals surface area contributed by atoms with Crippen molar-refractivity contribution in [1.29, 1.82) is 0 Å². The second-order valence-electron chi connectivity index (χ2n) is 6.83. The maximum absolute atomic E-state index is 12.6. The van der Waals surface area contributed by atoms with Crippen molar-refractivity contribution in [1.82, 2.24) is 15.3 Å². The molecule has 1 aromatic carbocycles. The van der Waals surface area contributed by atoms with E-state index in [0.717, 1.165) is 5.76 Å². The molecule has 3 aromatic rings. The molecule has 2 aromatic heterocycles. The van der Waals surface area contributed by atoms with Gasteiger partial charge in [0.25, 0.3) is 10.0 Å². The summed E-state index contributed by atoms with van der Waals surface area (Å²) in [6.45, 7) is 5.31. The van der Waals surface area contributed by atoms with Crippen molar-refractivity contribution in [2.24, 2.45) is 0 Å². The van der Waals surface area contributed by atoms with Crippen molar-refractivity contribution >= 4 is 51.0 Å². The largest absolute Gasteiger partial charge is 0.462 e. The zero-order valence-corrected chi connectivity index (χ0v) is 19.2. The fraction of sp³-hybridized carbons (Fsp3) is 0.143. The quantitative estimate of drug-likeness (QED) is 0.369. The standard InChI is InChI=1S/C21H21N5O4S2/c1-13-12-14(2)23-20(22-13)26-32(28,29)18-9-5-16(6-10-18)24-21(31)25-19(27)11-8-17-7-4-15(3)30-17/h4-12H,1-3H3,(H,22,23,26)(H2,24,25,27,31)/b11-8+. The Kier molecular flexibility index (Phi) is 7.01. The van der Waals surface area contributed by atoms with Crippen LogP contribution in [0.5, 0.6) is 0 Å². The van der Waals surface area contributed by atoms with E-state index in [1.165, 1.54) is 36.4 Å². The van der Waals surface area contributed by atoms with Crippen LogP contribution in [0.4, 0.5) is 11.6 Å². The van der Waals surface area contributed by atoms with Crippen molar-refractivity contribution in [3.63, 3.8) is 0 Å². The number of nitrogens with one attached hydrogen (secondary N) is 3. The molecule has 0 atom stereocenters. The van der Waals surface area contributed by atoms with Crippen LogP contribution in [0.3, 0.4) is 0 Å².